The van der Waals surface area contributed by atoms with Gasteiger partial charge in [0.25, 0.3) is 5.91 Å². The molecule has 0 saturated carbocycles. The lowest BCUT2D eigenvalue weighted by Crippen LogP contribution is -2.28. The summed E-state index contributed by atoms with van der Waals surface area (Å²) in [6, 6.07) is 6.39. The van der Waals surface area contributed by atoms with E-state index in [1.54, 1.807) is 39.1 Å². The van der Waals surface area contributed by atoms with Crippen molar-refractivity contribution in [2.75, 3.05) is 11.9 Å². The highest BCUT2D eigenvalue weighted by molar-refractivity contribution is 6.10. The summed E-state index contributed by atoms with van der Waals surface area (Å²) < 4.78 is 0. The van der Waals surface area contributed by atoms with Gasteiger partial charge in [0.15, 0.2) is 0 Å². The van der Waals surface area contributed by atoms with Gasteiger partial charge in [-0.15, -0.1) is 0 Å². The highest BCUT2D eigenvalue weighted by Crippen LogP contribution is 2.22. The van der Waals surface area contributed by atoms with Crippen LogP contribution in [0, 0.1) is 13.8 Å². The highest BCUT2D eigenvalue weighted by Gasteiger charge is 2.23. The number of hydrogen-bond acceptors (Lipinski definition) is 3. The van der Waals surface area contributed by atoms with Crippen LogP contribution in [-0.4, -0.2) is 34.2 Å². The molecule has 20 heavy (non-hydrogen) atoms. The van der Waals surface area contributed by atoms with Gasteiger partial charge in [-0.1, -0.05) is 12.1 Å². The number of rotatable bonds is 3. The monoisotopic (exact) mass is 273 g/mol. The quantitative estimate of drug-likeness (QED) is 0.895. The van der Waals surface area contributed by atoms with E-state index < -0.39 is 5.97 Å². The first-order valence-electron chi connectivity index (χ1n) is 6.05. The molecule has 2 aromatic rings. The fourth-order valence-electron chi connectivity index (χ4n) is 2.09. The summed E-state index contributed by atoms with van der Waals surface area (Å²) in [5.74, 6) is -1.36. The molecule has 6 heteroatoms. The number of carboxylic acid groups (broad SMARTS) is 1. The van der Waals surface area contributed by atoms with Gasteiger partial charge in [0, 0.05) is 12.7 Å². The Morgan fingerprint density at radius 3 is 2.45 bits per heavy atom. The van der Waals surface area contributed by atoms with Gasteiger partial charge < -0.3 is 10.0 Å². The molecule has 104 valence electrons. The Morgan fingerprint density at radius 2 is 1.90 bits per heavy atom. The summed E-state index contributed by atoms with van der Waals surface area (Å²) in [5, 5.41) is 15.9. The summed E-state index contributed by atoms with van der Waals surface area (Å²) in [5.41, 5.74) is 2.15. The number of benzene rings is 1. The van der Waals surface area contributed by atoms with E-state index >= 15 is 0 Å². The van der Waals surface area contributed by atoms with Gasteiger partial charge in [0.1, 0.15) is 0 Å². The zero-order chi connectivity index (χ0) is 14.9. The van der Waals surface area contributed by atoms with Gasteiger partial charge in [0.2, 0.25) is 0 Å². The summed E-state index contributed by atoms with van der Waals surface area (Å²) in [6.45, 7) is 3.48. The smallest absolute Gasteiger partial charge is 0.337 e. The molecule has 0 aliphatic rings. The van der Waals surface area contributed by atoms with Crippen molar-refractivity contribution in [1.82, 2.24) is 10.2 Å². The van der Waals surface area contributed by atoms with Gasteiger partial charge in [0.05, 0.1) is 22.5 Å². The van der Waals surface area contributed by atoms with E-state index in [0.717, 1.165) is 0 Å². The van der Waals surface area contributed by atoms with E-state index in [1.807, 2.05) is 0 Å². The molecule has 0 bridgehead atoms. The van der Waals surface area contributed by atoms with Gasteiger partial charge in [-0.05, 0) is 26.0 Å². The number of aromatic nitrogens is 2. The summed E-state index contributed by atoms with van der Waals surface area (Å²) in [6.07, 6.45) is 0. The van der Waals surface area contributed by atoms with E-state index in [4.69, 9.17) is 0 Å². The molecule has 0 fully saturated rings. The molecule has 0 aliphatic heterocycles. The molecule has 0 atom stereocenters. The van der Waals surface area contributed by atoms with E-state index in [-0.39, 0.29) is 11.5 Å². The second-order valence-corrected chi connectivity index (χ2v) is 4.50. The Morgan fingerprint density at radius 1 is 1.25 bits per heavy atom. The van der Waals surface area contributed by atoms with Crippen LogP contribution in [0.3, 0.4) is 0 Å². The first kappa shape index (κ1) is 13.8. The third-order valence-electron chi connectivity index (χ3n) is 3.14. The number of aromatic carboxylic acids is 1. The Kier molecular flexibility index (Phi) is 3.56. The largest absolute Gasteiger partial charge is 0.478 e. The van der Waals surface area contributed by atoms with Crippen molar-refractivity contribution in [3.8, 4) is 0 Å². The predicted molar refractivity (Wildman–Crippen MR) is 74.2 cm³/mol. The second kappa shape index (κ2) is 5.16. The lowest BCUT2D eigenvalue weighted by Gasteiger charge is -2.19. The molecule has 0 unspecified atom stereocenters. The SMILES string of the molecule is Cc1n[nH]c(C)c1C(=O)N(C)c1ccccc1C(=O)O. The van der Waals surface area contributed by atoms with Gasteiger partial charge in [-0.2, -0.15) is 5.10 Å². The standard InChI is InChI=1S/C14H15N3O3/c1-8-12(9(2)16-15-8)13(18)17(3)11-7-5-4-6-10(11)14(19)20/h4-7H,1-3H3,(H,15,16)(H,19,20). The number of aromatic amines is 1. The zero-order valence-corrected chi connectivity index (χ0v) is 11.5. The Hall–Kier alpha value is -2.63. The second-order valence-electron chi connectivity index (χ2n) is 4.50. The molecule has 2 rings (SSSR count). The van der Waals surface area contributed by atoms with Crippen molar-refractivity contribution in [2.45, 2.75) is 13.8 Å². The van der Waals surface area contributed by atoms with Crippen LogP contribution in [0.1, 0.15) is 32.1 Å². The molecule has 0 radical (unpaired) electrons. The molecule has 1 aromatic heterocycles. The fourth-order valence-corrected chi connectivity index (χ4v) is 2.09. The molecule has 0 saturated heterocycles. The van der Waals surface area contributed by atoms with Crippen molar-refractivity contribution in [3.05, 3.63) is 46.8 Å². The van der Waals surface area contributed by atoms with Crippen molar-refractivity contribution in [2.24, 2.45) is 0 Å². The van der Waals surface area contributed by atoms with Crippen LogP contribution in [0.25, 0.3) is 0 Å². The topological polar surface area (TPSA) is 86.3 Å². The molecule has 2 N–H and O–H groups in total. The maximum absolute atomic E-state index is 12.5. The minimum absolute atomic E-state index is 0.0853. The number of aryl methyl sites for hydroxylation is 2. The lowest BCUT2D eigenvalue weighted by atomic mass is 10.1. The molecular weight excluding hydrogens is 258 g/mol. The summed E-state index contributed by atoms with van der Waals surface area (Å²) >= 11 is 0. The van der Waals surface area contributed by atoms with Crippen molar-refractivity contribution in [1.29, 1.82) is 0 Å². The lowest BCUT2D eigenvalue weighted by molar-refractivity contribution is 0.0697. The van der Waals surface area contributed by atoms with Crippen molar-refractivity contribution in [3.63, 3.8) is 0 Å². The van der Waals surface area contributed by atoms with E-state index in [2.05, 4.69) is 10.2 Å². The molecule has 1 aromatic carbocycles. The Labute approximate surface area is 116 Å². The number of H-pyrrole nitrogens is 1. The fraction of sp³-hybridized carbons (Fsp3) is 0.214. The van der Waals surface area contributed by atoms with E-state index in [1.165, 1.54) is 11.0 Å². The number of carboxylic acids is 1. The first-order valence-corrected chi connectivity index (χ1v) is 6.05. The first-order chi connectivity index (χ1) is 9.43. The minimum atomic E-state index is -1.07. The van der Waals surface area contributed by atoms with Gasteiger partial charge in [-0.25, -0.2) is 4.79 Å². The van der Waals surface area contributed by atoms with Crippen LogP contribution in [0.5, 0.6) is 0 Å². The average molecular weight is 273 g/mol. The van der Waals surface area contributed by atoms with Crippen LogP contribution < -0.4 is 4.90 Å². The van der Waals surface area contributed by atoms with E-state index in [0.29, 0.717) is 22.6 Å². The van der Waals surface area contributed by atoms with Crippen LogP contribution in [-0.2, 0) is 0 Å². The number of nitrogens with one attached hydrogen (secondary N) is 1. The van der Waals surface area contributed by atoms with Crippen molar-refractivity contribution < 1.29 is 14.7 Å². The molecular formula is C14H15N3O3. The number of hydrogen-bond donors (Lipinski definition) is 2. The minimum Gasteiger partial charge on any atom is -0.478 e. The van der Waals surface area contributed by atoms with Crippen LogP contribution in [0.4, 0.5) is 5.69 Å². The highest BCUT2D eigenvalue weighted by atomic mass is 16.4. The number of nitrogens with zero attached hydrogens (tertiary/aromatic N) is 2. The number of anilines is 1. The molecule has 0 spiro atoms. The zero-order valence-electron chi connectivity index (χ0n) is 11.5. The summed E-state index contributed by atoms with van der Waals surface area (Å²) in [4.78, 5) is 25.0. The van der Waals surface area contributed by atoms with Crippen molar-refractivity contribution >= 4 is 17.6 Å². The van der Waals surface area contributed by atoms with Crippen LogP contribution >= 0.6 is 0 Å². The summed E-state index contributed by atoms with van der Waals surface area (Å²) in [7, 11) is 1.55. The maximum atomic E-state index is 12.5. The number of amides is 1. The Bertz CT molecular complexity index is 657. The maximum Gasteiger partial charge on any atom is 0.337 e. The molecule has 6 nitrogen and oxygen atoms in total. The van der Waals surface area contributed by atoms with Crippen LogP contribution in [0.2, 0.25) is 0 Å². The Balaban J connectivity index is 2.45. The number of carbonyl (C=O) groups is 2. The third-order valence-corrected chi connectivity index (χ3v) is 3.14. The number of para-hydroxylation sites is 1. The third kappa shape index (κ3) is 2.27. The van der Waals surface area contributed by atoms with Gasteiger partial charge in [-0.3, -0.25) is 9.89 Å². The number of carbonyl (C=O) groups excluding carboxylic acids is 1. The normalized spacial score (nSPS) is 10.3. The molecule has 0 aliphatic carbocycles. The average Bonchev–Trinajstić information content (AvgIpc) is 2.76. The van der Waals surface area contributed by atoms with Gasteiger partial charge >= 0.3 is 5.97 Å². The molecule has 1 amide bonds. The predicted octanol–water partition coefficient (Wildman–Crippen LogP) is 2.00. The van der Waals surface area contributed by atoms with Crippen LogP contribution in [0.15, 0.2) is 24.3 Å². The molecule has 1 heterocycles. The van der Waals surface area contributed by atoms with E-state index in [9.17, 15) is 14.7 Å².